The standard InChI is InChI=1S/C10H3Br3S2/c11-8-4-1-2-5-7(6(4)3-14-8)10(13)15-9(5)12/h1-3H. The fourth-order valence-electron chi connectivity index (χ4n) is 1.65. The van der Waals surface area contributed by atoms with E-state index < -0.39 is 0 Å². The first-order chi connectivity index (χ1) is 7.18. The molecule has 0 aliphatic heterocycles. The second kappa shape index (κ2) is 3.81. The zero-order chi connectivity index (χ0) is 10.6. The molecule has 2 heterocycles. The molecule has 0 aliphatic rings. The first-order valence-corrected chi connectivity index (χ1v) is 8.19. The number of benzene rings is 1. The smallest absolute Gasteiger partial charge is 0.0795 e. The van der Waals surface area contributed by atoms with Crippen LogP contribution in [0.25, 0.3) is 21.5 Å². The zero-order valence-corrected chi connectivity index (χ0v) is 13.6. The number of thiophene rings is 2. The summed E-state index contributed by atoms with van der Waals surface area (Å²) in [6.07, 6.45) is 0. The fourth-order valence-corrected chi connectivity index (χ4v) is 6.18. The van der Waals surface area contributed by atoms with Gasteiger partial charge in [-0.15, -0.1) is 22.7 Å². The molecule has 0 unspecified atom stereocenters. The van der Waals surface area contributed by atoms with Gasteiger partial charge in [-0.05, 0) is 47.8 Å². The quantitative estimate of drug-likeness (QED) is 0.390. The van der Waals surface area contributed by atoms with Gasteiger partial charge in [-0.2, -0.15) is 0 Å². The van der Waals surface area contributed by atoms with Crippen molar-refractivity contribution in [1.82, 2.24) is 0 Å². The molecule has 15 heavy (non-hydrogen) atoms. The van der Waals surface area contributed by atoms with E-state index in [0.717, 1.165) is 0 Å². The van der Waals surface area contributed by atoms with Crippen LogP contribution in [0.4, 0.5) is 0 Å². The molecule has 0 saturated heterocycles. The van der Waals surface area contributed by atoms with Crippen LogP contribution in [-0.4, -0.2) is 0 Å². The fraction of sp³-hybridized carbons (Fsp3) is 0. The Morgan fingerprint density at radius 1 is 0.800 bits per heavy atom. The Morgan fingerprint density at radius 2 is 1.53 bits per heavy atom. The van der Waals surface area contributed by atoms with Gasteiger partial charge in [-0.1, -0.05) is 12.1 Å². The minimum absolute atomic E-state index is 1.19. The van der Waals surface area contributed by atoms with Gasteiger partial charge in [-0.25, -0.2) is 0 Å². The molecule has 3 rings (SSSR count). The number of fused-ring (bicyclic) bond motifs is 3. The highest BCUT2D eigenvalue weighted by atomic mass is 79.9. The maximum absolute atomic E-state index is 3.63. The first-order valence-electron chi connectivity index (χ1n) is 4.11. The Morgan fingerprint density at radius 3 is 2.33 bits per heavy atom. The molecule has 3 aromatic rings. The number of hydrogen-bond donors (Lipinski definition) is 0. The molecule has 0 fully saturated rings. The lowest BCUT2D eigenvalue weighted by molar-refractivity contribution is 1.95. The van der Waals surface area contributed by atoms with E-state index in [1.54, 1.807) is 22.7 Å². The first kappa shape index (κ1) is 10.7. The minimum Gasteiger partial charge on any atom is -0.136 e. The third-order valence-corrected chi connectivity index (χ3v) is 6.67. The summed E-state index contributed by atoms with van der Waals surface area (Å²) < 4.78 is 3.59. The molecule has 0 nitrogen and oxygen atoms in total. The van der Waals surface area contributed by atoms with Crippen LogP contribution in [0.5, 0.6) is 0 Å². The van der Waals surface area contributed by atoms with E-state index in [9.17, 15) is 0 Å². The average Bonchev–Trinajstić information content (AvgIpc) is 2.70. The van der Waals surface area contributed by atoms with Crippen LogP contribution in [0.1, 0.15) is 0 Å². The Balaban J connectivity index is 2.64. The van der Waals surface area contributed by atoms with Crippen LogP contribution in [0.3, 0.4) is 0 Å². The van der Waals surface area contributed by atoms with Gasteiger partial charge in [0.15, 0.2) is 0 Å². The average molecular weight is 427 g/mol. The summed E-state index contributed by atoms with van der Waals surface area (Å²) >= 11 is 14.3. The van der Waals surface area contributed by atoms with Crippen molar-refractivity contribution in [3.8, 4) is 0 Å². The molecule has 0 amide bonds. The summed E-state index contributed by atoms with van der Waals surface area (Å²) in [5.74, 6) is 0. The van der Waals surface area contributed by atoms with Crippen LogP contribution in [0, 0.1) is 0 Å². The Kier molecular flexibility index (Phi) is 2.72. The lowest BCUT2D eigenvalue weighted by Crippen LogP contribution is -1.68. The predicted octanol–water partition coefficient (Wildman–Crippen LogP) is 6.40. The number of rotatable bonds is 0. The molecule has 5 heteroatoms. The van der Waals surface area contributed by atoms with Crippen LogP contribution < -0.4 is 0 Å². The van der Waals surface area contributed by atoms with Crippen molar-refractivity contribution in [3.05, 3.63) is 28.9 Å². The van der Waals surface area contributed by atoms with E-state index in [-0.39, 0.29) is 0 Å². The van der Waals surface area contributed by atoms with Crippen molar-refractivity contribution >= 4 is 92.0 Å². The van der Waals surface area contributed by atoms with Gasteiger partial charge >= 0.3 is 0 Å². The van der Waals surface area contributed by atoms with E-state index in [1.165, 1.54) is 32.9 Å². The van der Waals surface area contributed by atoms with Gasteiger partial charge in [0, 0.05) is 26.9 Å². The van der Waals surface area contributed by atoms with E-state index in [2.05, 4.69) is 65.3 Å². The summed E-state index contributed by atoms with van der Waals surface area (Å²) in [4.78, 5) is 0. The maximum Gasteiger partial charge on any atom is 0.0795 e. The van der Waals surface area contributed by atoms with Crippen LogP contribution in [0.15, 0.2) is 28.9 Å². The summed E-state index contributed by atoms with van der Waals surface area (Å²) in [5, 5.41) is 7.40. The molecular formula is C10H3Br3S2. The summed E-state index contributed by atoms with van der Waals surface area (Å²) in [6.45, 7) is 0. The highest BCUT2D eigenvalue weighted by Gasteiger charge is 2.12. The number of hydrogen-bond acceptors (Lipinski definition) is 2. The van der Waals surface area contributed by atoms with Gasteiger partial charge in [0.2, 0.25) is 0 Å². The van der Waals surface area contributed by atoms with E-state index >= 15 is 0 Å². The lowest BCUT2D eigenvalue weighted by Gasteiger charge is -1.95. The SMILES string of the molecule is Brc1scc2c1ccc1c(Br)sc(Br)c12. The van der Waals surface area contributed by atoms with E-state index in [1.807, 2.05) is 0 Å². The van der Waals surface area contributed by atoms with Gasteiger partial charge in [0.05, 0.1) is 11.4 Å². The Bertz CT molecular complexity index is 666. The molecule has 76 valence electrons. The van der Waals surface area contributed by atoms with Crippen LogP contribution in [-0.2, 0) is 0 Å². The molecule has 0 saturated carbocycles. The summed E-state index contributed by atoms with van der Waals surface area (Å²) in [7, 11) is 0. The van der Waals surface area contributed by atoms with E-state index in [0.29, 0.717) is 0 Å². The number of halogens is 3. The van der Waals surface area contributed by atoms with Gasteiger partial charge in [-0.3, -0.25) is 0 Å². The predicted molar refractivity (Wildman–Crippen MR) is 80.3 cm³/mol. The molecule has 0 radical (unpaired) electrons. The van der Waals surface area contributed by atoms with Gasteiger partial charge in [0.25, 0.3) is 0 Å². The van der Waals surface area contributed by atoms with Crippen molar-refractivity contribution in [2.75, 3.05) is 0 Å². The molecule has 0 N–H and O–H groups in total. The third-order valence-electron chi connectivity index (χ3n) is 2.33. The van der Waals surface area contributed by atoms with Crippen molar-refractivity contribution in [1.29, 1.82) is 0 Å². The Labute approximate surface area is 120 Å². The van der Waals surface area contributed by atoms with E-state index in [4.69, 9.17) is 0 Å². The third kappa shape index (κ3) is 1.55. The topological polar surface area (TPSA) is 0 Å². The minimum atomic E-state index is 1.19. The van der Waals surface area contributed by atoms with Crippen molar-refractivity contribution in [2.45, 2.75) is 0 Å². The monoisotopic (exact) mass is 424 g/mol. The summed E-state index contributed by atoms with van der Waals surface area (Å²) in [5.41, 5.74) is 0. The van der Waals surface area contributed by atoms with Crippen molar-refractivity contribution in [2.24, 2.45) is 0 Å². The zero-order valence-electron chi connectivity index (χ0n) is 7.18. The molecule has 0 atom stereocenters. The molecule has 1 aromatic carbocycles. The highest BCUT2D eigenvalue weighted by molar-refractivity contribution is 9.12. The second-order valence-corrected chi connectivity index (χ2v) is 8.96. The summed E-state index contributed by atoms with van der Waals surface area (Å²) in [6, 6.07) is 4.34. The Hall–Kier alpha value is 0.580. The molecule has 2 aromatic heterocycles. The largest absolute Gasteiger partial charge is 0.136 e. The maximum atomic E-state index is 3.63. The molecule has 0 spiro atoms. The molecular weight excluding hydrogens is 424 g/mol. The highest BCUT2D eigenvalue weighted by Crippen LogP contribution is 2.45. The van der Waals surface area contributed by atoms with Crippen molar-refractivity contribution in [3.63, 3.8) is 0 Å². The molecule has 0 aliphatic carbocycles. The van der Waals surface area contributed by atoms with Crippen molar-refractivity contribution < 1.29 is 0 Å². The lowest BCUT2D eigenvalue weighted by atomic mass is 10.1. The normalized spacial score (nSPS) is 11.7. The van der Waals surface area contributed by atoms with Crippen LogP contribution in [0.2, 0.25) is 0 Å². The van der Waals surface area contributed by atoms with Gasteiger partial charge < -0.3 is 0 Å². The molecule has 0 bridgehead atoms. The van der Waals surface area contributed by atoms with Gasteiger partial charge in [0.1, 0.15) is 0 Å². The van der Waals surface area contributed by atoms with Crippen LogP contribution >= 0.6 is 70.5 Å². The second-order valence-electron chi connectivity index (χ2n) is 3.11.